The van der Waals surface area contributed by atoms with Gasteiger partial charge in [0.15, 0.2) is 6.61 Å². The average Bonchev–Trinajstić information content (AvgIpc) is 2.75. The van der Waals surface area contributed by atoms with Crippen LogP contribution in [0, 0.1) is 0 Å². The van der Waals surface area contributed by atoms with Gasteiger partial charge in [-0.1, -0.05) is 47.5 Å². The van der Waals surface area contributed by atoms with Gasteiger partial charge in [0.2, 0.25) is 0 Å². The number of hydrogen-bond acceptors (Lipinski definition) is 5. The van der Waals surface area contributed by atoms with Crippen molar-refractivity contribution in [2.75, 3.05) is 18.6 Å². The first-order valence-corrected chi connectivity index (χ1v) is 11.7. The minimum absolute atomic E-state index is 0.264. The molecule has 0 spiro atoms. The molecule has 2 N–H and O–H groups in total. The van der Waals surface area contributed by atoms with Crippen molar-refractivity contribution in [2.45, 2.75) is 25.4 Å². The summed E-state index contributed by atoms with van der Waals surface area (Å²) < 4.78 is 5.16. The standard InChI is InChI=1S/C22H24Cl2N2O4S/c1-14(15-7-9-16(23)10-8-15)25-20(27)13-30-22(29)19(11-12-31-2)26-21(28)17-5-3-4-6-18(17)24/h3-10,14,19H,11-13H2,1-2H3,(H,25,27)(H,26,28). The quantitative estimate of drug-likeness (QED) is 0.494. The van der Waals surface area contributed by atoms with E-state index in [-0.39, 0.29) is 16.6 Å². The average molecular weight is 483 g/mol. The molecule has 6 nitrogen and oxygen atoms in total. The fourth-order valence-corrected chi connectivity index (χ4v) is 3.54. The first kappa shape index (κ1) is 25.0. The number of halogens is 2. The maximum Gasteiger partial charge on any atom is 0.329 e. The van der Waals surface area contributed by atoms with Crippen molar-refractivity contribution < 1.29 is 19.1 Å². The number of amides is 2. The third-order valence-corrected chi connectivity index (χ3v) is 5.64. The summed E-state index contributed by atoms with van der Waals surface area (Å²) in [7, 11) is 0. The summed E-state index contributed by atoms with van der Waals surface area (Å²) in [4.78, 5) is 37.2. The van der Waals surface area contributed by atoms with Crippen LogP contribution in [0.3, 0.4) is 0 Å². The maximum absolute atomic E-state index is 12.5. The molecule has 2 amide bonds. The number of carbonyl (C=O) groups excluding carboxylic acids is 3. The van der Waals surface area contributed by atoms with Crippen LogP contribution >= 0.6 is 35.0 Å². The fraction of sp³-hybridized carbons (Fsp3) is 0.318. The number of ether oxygens (including phenoxy) is 1. The Morgan fingerprint density at radius 1 is 1.03 bits per heavy atom. The minimum Gasteiger partial charge on any atom is -0.454 e. The Kier molecular flexibility index (Phi) is 10.2. The smallest absolute Gasteiger partial charge is 0.329 e. The van der Waals surface area contributed by atoms with Crippen molar-refractivity contribution in [3.63, 3.8) is 0 Å². The second-order valence-corrected chi connectivity index (χ2v) is 8.57. The van der Waals surface area contributed by atoms with Gasteiger partial charge in [0, 0.05) is 5.02 Å². The van der Waals surface area contributed by atoms with Crippen LogP contribution in [-0.4, -0.2) is 42.4 Å². The lowest BCUT2D eigenvalue weighted by molar-refractivity contribution is -0.150. The van der Waals surface area contributed by atoms with Crippen LogP contribution in [0.5, 0.6) is 0 Å². The highest BCUT2D eigenvalue weighted by molar-refractivity contribution is 7.98. The summed E-state index contributed by atoms with van der Waals surface area (Å²) in [6.07, 6.45) is 2.25. The van der Waals surface area contributed by atoms with Gasteiger partial charge in [-0.25, -0.2) is 4.79 Å². The largest absolute Gasteiger partial charge is 0.454 e. The summed E-state index contributed by atoms with van der Waals surface area (Å²) >= 11 is 13.5. The number of nitrogens with one attached hydrogen (secondary N) is 2. The molecule has 0 saturated carbocycles. The second-order valence-electron chi connectivity index (χ2n) is 6.74. The van der Waals surface area contributed by atoms with E-state index in [2.05, 4.69) is 10.6 Å². The molecule has 31 heavy (non-hydrogen) atoms. The monoisotopic (exact) mass is 482 g/mol. The lowest BCUT2D eigenvalue weighted by atomic mass is 10.1. The summed E-state index contributed by atoms with van der Waals surface area (Å²) in [5, 5.41) is 6.30. The Bertz CT molecular complexity index is 909. The fourth-order valence-electron chi connectivity index (χ4n) is 2.72. The van der Waals surface area contributed by atoms with E-state index in [9.17, 15) is 14.4 Å². The van der Waals surface area contributed by atoms with Crippen molar-refractivity contribution in [3.05, 3.63) is 69.7 Å². The van der Waals surface area contributed by atoms with Gasteiger partial charge in [-0.15, -0.1) is 0 Å². The topological polar surface area (TPSA) is 84.5 Å². The van der Waals surface area contributed by atoms with Gasteiger partial charge in [-0.2, -0.15) is 11.8 Å². The van der Waals surface area contributed by atoms with Gasteiger partial charge in [0.25, 0.3) is 11.8 Å². The molecule has 2 rings (SSSR count). The van der Waals surface area contributed by atoms with Gasteiger partial charge in [0.05, 0.1) is 16.6 Å². The lowest BCUT2D eigenvalue weighted by Crippen LogP contribution is -2.43. The molecule has 0 aliphatic carbocycles. The predicted molar refractivity (Wildman–Crippen MR) is 125 cm³/mol. The first-order chi connectivity index (χ1) is 14.8. The predicted octanol–water partition coefficient (Wildman–Crippen LogP) is 4.27. The molecule has 166 valence electrons. The summed E-state index contributed by atoms with van der Waals surface area (Å²) in [5.74, 6) is -0.974. The van der Waals surface area contributed by atoms with Crippen LogP contribution in [-0.2, 0) is 14.3 Å². The van der Waals surface area contributed by atoms with E-state index in [4.69, 9.17) is 27.9 Å². The summed E-state index contributed by atoms with van der Waals surface area (Å²) in [6.45, 7) is 1.36. The molecular weight excluding hydrogens is 459 g/mol. The summed E-state index contributed by atoms with van der Waals surface area (Å²) in [6, 6.07) is 12.5. The Morgan fingerprint density at radius 2 is 1.71 bits per heavy atom. The second kappa shape index (κ2) is 12.6. The highest BCUT2D eigenvalue weighted by Gasteiger charge is 2.24. The van der Waals surface area contributed by atoms with Crippen molar-refractivity contribution in [3.8, 4) is 0 Å². The number of benzene rings is 2. The molecule has 0 saturated heterocycles. The Balaban J connectivity index is 1.92. The lowest BCUT2D eigenvalue weighted by Gasteiger charge is -2.18. The van der Waals surface area contributed by atoms with Crippen molar-refractivity contribution >= 4 is 52.7 Å². The Labute approximate surface area is 196 Å². The molecule has 2 aromatic rings. The van der Waals surface area contributed by atoms with E-state index in [1.54, 1.807) is 36.4 Å². The minimum atomic E-state index is -0.891. The van der Waals surface area contributed by atoms with Crippen LogP contribution in [0.1, 0.15) is 35.3 Å². The van der Waals surface area contributed by atoms with Crippen LogP contribution in [0.2, 0.25) is 10.0 Å². The Hall–Kier alpha value is -2.22. The van der Waals surface area contributed by atoms with Crippen LogP contribution < -0.4 is 10.6 Å². The van der Waals surface area contributed by atoms with Gasteiger partial charge in [-0.05, 0) is 55.2 Å². The molecule has 0 aromatic heterocycles. The first-order valence-electron chi connectivity index (χ1n) is 9.57. The normalized spacial score (nSPS) is 12.5. The zero-order chi connectivity index (χ0) is 22.8. The number of carbonyl (C=O) groups is 3. The highest BCUT2D eigenvalue weighted by Crippen LogP contribution is 2.17. The number of rotatable bonds is 10. The van der Waals surface area contributed by atoms with Crippen LogP contribution in [0.4, 0.5) is 0 Å². The van der Waals surface area contributed by atoms with E-state index >= 15 is 0 Å². The molecule has 0 bridgehead atoms. The van der Waals surface area contributed by atoms with Crippen LogP contribution in [0.15, 0.2) is 48.5 Å². The maximum atomic E-state index is 12.5. The SMILES string of the molecule is CSCCC(NC(=O)c1ccccc1Cl)C(=O)OCC(=O)NC(C)c1ccc(Cl)cc1. The van der Waals surface area contributed by atoms with E-state index in [0.29, 0.717) is 17.2 Å². The molecular formula is C22H24Cl2N2O4S. The molecule has 0 radical (unpaired) electrons. The van der Waals surface area contributed by atoms with Gasteiger partial charge >= 0.3 is 5.97 Å². The molecule has 0 fully saturated rings. The van der Waals surface area contributed by atoms with Gasteiger partial charge in [0.1, 0.15) is 6.04 Å². The van der Waals surface area contributed by atoms with E-state index in [1.807, 2.05) is 25.3 Å². The Morgan fingerprint density at radius 3 is 2.35 bits per heavy atom. The molecule has 9 heteroatoms. The van der Waals surface area contributed by atoms with Crippen molar-refractivity contribution in [2.24, 2.45) is 0 Å². The summed E-state index contributed by atoms with van der Waals surface area (Å²) in [5.41, 5.74) is 1.13. The third-order valence-electron chi connectivity index (χ3n) is 4.41. The van der Waals surface area contributed by atoms with E-state index in [0.717, 1.165) is 5.56 Å². The number of hydrogen-bond donors (Lipinski definition) is 2. The number of esters is 1. The molecule has 2 atom stereocenters. The molecule has 0 aliphatic heterocycles. The van der Waals surface area contributed by atoms with Crippen molar-refractivity contribution in [1.29, 1.82) is 0 Å². The molecule has 0 heterocycles. The van der Waals surface area contributed by atoms with Crippen LogP contribution in [0.25, 0.3) is 0 Å². The highest BCUT2D eigenvalue weighted by atomic mass is 35.5. The van der Waals surface area contributed by atoms with Gasteiger partial charge in [-0.3, -0.25) is 9.59 Å². The van der Waals surface area contributed by atoms with E-state index < -0.39 is 30.4 Å². The third kappa shape index (κ3) is 8.09. The zero-order valence-electron chi connectivity index (χ0n) is 17.2. The number of thioether (sulfide) groups is 1. The van der Waals surface area contributed by atoms with Crippen molar-refractivity contribution in [1.82, 2.24) is 10.6 Å². The zero-order valence-corrected chi connectivity index (χ0v) is 19.5. The van der Waals surface area contributed by atoms with Gasteiger partial charge < -0.3 is 15.4 Å². The van der Waals surface area contributed by atoms with E-state index in [1.165, 1.54) is 11.8 Å². The molecule has 0 aliphatic rings. The molecule has 2 aromatic carbocycles. The molecule has 2 unspecified atom stereocenters.